The van der Waals surface area contributed by atoms with Crippen molar-refractivity contribution in [3.63, 3.8) is 0 Å². The molecule has 15 heavy (non-hydrogen) atoms. The van der Waals surface area contributed by atoms with Crippen LogP contribution in [-0.2, 0) is 6.54 Å². The molecule has 0 aliphatic rings. The normalized spacial score (nSPS) is 10.1. The molecule has 3 nitrogen and oxygen atoms in total. The molecule has 1 aromatic heterocycles. The van der Waals surface area contributed by atoms with Gasteiger partial charge in [-0.25, -0.2) is 4.98 Å². The molecule has 0 bridgehead atoms. The highest BCUT2D eigenvalue weighted by atomic mass is 32.2. The highest BCUT2D eigenvalue weighted by Gasteiger charge is 1.95. The van der Waals surface area contributed by atoms with E-state index in [-0.39, 0.29) is 0 Å². The molecular weight excluding hydrogens is 206 g/mol. The van der Waals surface area contributed by atoms with E-state index in [2.05, 4.69) is 20.8 Å². The second-order valence-corrected chi connectivity index (χ2v) is 4.28. The molecule has 0 spiro atoms. The van der Waals surface area contributed by atoms with Gasteiger partial charge in [-0.1, -0.05) is 5.92 Å². The van der Waals surface area contributed by atoms with Gasteiger partial charge in [0.2, 0.25) is 0 Å². The van der Waals surface area contributed by atoms with Crippen LogP contribution >= 0.6 is 11.8 Å². The summed E-state index contributed by atoms with van der Waals surface area (Å²) >= 11 is 1.79. The lowest BCUT2D eigenvalue weighted by atomic mass is 10.5. The van der Waals surface area contributed by atoms with Crippen LogP contribution in [-0.4, -0.2) is 34.1 Å². The fraction of sp³-hybridized carbons (Fsp3) is 0.545. The van der Waals surface area contributed by atoms with Gasteiger partial charge in [0.1, 0.15) is 5.82 Å². The average Bonchev–Trinajstić information content (AvgIpc) is 2.63. The first-order valence-electron chi connectivity index (χ1n) is 5.04. The van der Waals surface area contributed by atoms with E-state index in [0.29, 0.717) is 0 Å². The Hall–Kier alpha value is -0.920. The summed E-state index contributed by atoms with van der Waals surface area (Å²) in [6.07, 6.45) is 8.98. The summed E-state index contributed by atoms with van der Waals surface area (Å²) in [6.45, 7) is 4.99. The van der Waals surface area contributed by atoms with Crippen LogP contribution in [0.15, 0.2) is 12.4 Å². The molecule has 0 unspecified atom stereocenters. The number of nitrogens with one attached hydrogen (secondary N) is 1. The average molecular weight is 223 g/mol. The van der Waals surface area contributed by atoms with Crippen molar-refractivity contribution in [1.82, 2.24) is 14.9 Å². The van der Waals surface area contributed by atoms with Gasteiger partial charge >= 0.3 is 0 Å². The Morgan fingerprint density at radius 1 is 1.60 bits per heavy atom. The van der Waals surface area contributed by atoms with E-state index in [1.807, 2.05) is 19.3 Å². The first-order valence-corrected chi connectivity index (χ1v) is 6.19. The maximum Gasteiger partial charge on any atom is 0.105 e. The molecule has 0 saturated carbocycles. The third-order valence-corrected chi connectivity index (χ3v) is 2.93. The fourth-order valence-corrected chi connectivity index (χ4v) is 1.79. The number of nitrogens with zero attached hydrogens (tertiary/aromatic N) is 2. The van der Waals surface area contributed by atoms with Crippen LogP contribution in [0.2, 0.25) is 0 Å². The number of terminal acetylenes is 1. The van der Waals surface area contributed by atoms with Crippen molar-refractivity contribution in [2.75, 3.05) is 24.6 Å². The van der Waals surface area contributed by atoms with Gasteiger partial charge in [0.15, 0.2) is 0 Å². The molecule has 1 rings (SSSR count). The van der Waals surface area contributed by atoms with Crippen molar-refractivity contribution in [2.45, 2.75) is 13.5 Å². The number of aromatic nitrogens is 2. The van der Waals surface area contributed by atoms with E-state index in [0.717, 1.165) is 37.0 Å². The molecule has 0 aromatic carbocycles. The van der Waals surface area contributed by atoms with Crippen LogP contribution < -0.4 is 5.32 Å². The predicted molar refractivity (Wildman–Crippen MR) is 66.0 cm³/mol. The van der Waals surface area contributed by atoms with Crippen LogP contribution in [0.4, 0.5) is 0 Å². The molecule has 0 radical (unpaired) electrons. The summed E-state index contributed by atoms with van der Waals surface area (Å²) in [4.78, 5) is 4.16. The summed E-state index contributed by atoms with van der Waals surface area (Å²) in [5.41, 5.74) is 0. The molecule has 0 saturated heterocycles. The number of hydrogen-bond donors (Lipinski definition) is 1. The molecule has 0 aliphatic heterocycles. The molecule has 1 heterocycles. The maximum absolute atomic E-state index is 5.15. The van der Waals surface area contributed by atoms with Crippen LogP contribution in [0.5, 0.6) is 0 Å². The Labute approximate surface area is 95.7 Å². The van der Waals surface area contributed by atoms with Crippen LogP contribution in [0.3, 0.4) is 0 Å². The van der Waals surface area contributed by atoms with Crippen LogP contribution in [0.1, 0.15) is 5.82 Å². The minimum atomic E-state index is 0.808. The summed E-state index contributed by atoms with van der Waals surface area (Å²) in [6, 6.07) is 0. The number of thioether (sulfide) groups is 1. The van der Waals surface area contributed by atoms with E-state index in [9.17, 15) is 0 Å². The summed E-state index contributed by atoms with van der Waals surface area (Å²) in [5, 5.41) is 3.37. The minimum Gasteiger partial charge on any atom is -0.334 e. The Balaban J connectivity index is 1.98. The maximum atomic E-state index is 5.15. The first-order chi connectivity index (χ1) is 7.34. The highest BCUT2D eigenvalue weighted by molar-refractivity contribution is 7.99. The largest absolute Gasteiger partial charge is 0.334 e. The molecule has 0 aliphatic carbocycles. The fourth-order valence-electron chi connectivity index (χ4n) is 1.24. The summed E-state index contributed by atoms with van der Waals surface area (Å²) in [7, 11) is 0. The lowest BCUT2D eigenvalue weighted by Gasteiger charge is -2.06. The Morgan fingerprint density at radius 2 is 2.47 bits per heavy atom. The van der Waals surface area contributed by atoms with E-state index < -0.39 is 0 Å². The number of hydrogen-bond acceptors (Lipinski definition) is 3. The second-order valence-electron chi connectivity index (χ2n) is 3.17. The van der Waals surface area contributed by atoms with Crippen LogP contribution in [0.25, 0.3) is 0 Å². The van der Waals surface area contributed by atoms with Gasteiger partial charge < -0.3 is 9.88 Å². The monoisotopic (exact) mass is 223 g/mol. The zero-order chi connectivity index (χ0) is 10.9. The van der Waals surface area contributed by atoms with Crippen molar-refractivity contribution >= 4 is 11.8 Å². The lowest BCUT2D eigenvalue weighted by Crippen LogP contribution is -2.22. The third-order valence-electron chi connectivity index (χ3n) is 2.06. The topological polar surface area (TPSA) is 29.9 Å². The standard InChI is InChI=1S/C11H17N3S/c1-3-9-15-10-6-12-4-7-14-8-5-13-11(14)2/h1,5,8,12H,4,6-7,9-10H2,2H3. The molecule has 0 amide bonds. The van der Waals surface area contributed by atoms with Crippen molar-refractivity contribution in [3.8, 4) is 12.3 Å². The molecule has 82 valence electrons. The van der Waals surface area contributed by atoms with E-state index in [4.69, 9.17) is 6.42 Å². The van der Waals surface area contributed by atoms with Crippen LogP contribution in [0, 0.1) is 19.3 Å². The van der Waals surface area contributed by atoms with Crippen molar-refractivity contribution < 1.29 is 0 Å². The van der Waals surface area contributed by atoms with E-state index in [1.165, 1.54) is 0 Å². The third kappa shape index (κ3) is 4.91. The zero-order valence-electron chi connectivity index (χ0n) is 9.07. The van der Waals surface area contributed by atoms with Crippen molar-refractivity contribution in [3.05, 3.63) is 18.2 Å². The molecule has 1 aromatic rings. The van der Waals surface area contributed by atoms with Gasteiger partial charge in [-0.2, -0.15) is 0 Å². The quantitative estimate of drug-likeness (QED) is 0.555. The molecule has 0 fully saturated rings. The lowest BCUT2D eigenvalue weighted by molar-refractivity contribution is 0.604. The summed E-state index contributed by atoms with van der Waals surface area (Å²) < 4.78 is 2.14. The molecule has 0 atom stereocenters. The number of rotatable bonds is 7. The molecule has 1 N–H and O–H groups in total. The summed E-state index contributed by atoms with van der Waals surface area (Å²) in [5.74, 6) is 5.56. The Kier molecular flexibility index (Phi) is 5.98. The SMILES string of the molecule is C#CCSCCNCCn1ccnc1C. The van der Waals surface area contributed by atoms with E-state index in [1.54, 1.807) is 11.8 Å². The number of imidazole rings is 1. The zero-order valence-corrected chi connectivity index (χ0v) is 9.89. The highest BCUT2D eigenvalue weighted by Crippen LogP contribution is 1.96. The first kappa shape index (κ1) is 12.2. The smallest absolute Gasteiger partial charge is 0.105 e. The van der Waals surface area contributed by atoms with Gasteiger partial charge in [-0.15, -0.1) is 18.2 Å². The van der Waals surface area contributed by atoms with Gasteiger partial charge in [-0.05, 0) is 6.92 Å². The molecular formula is C11H17N3S. The van der Waals surface area contributed by atoms with Crippen molar-refractivity contribution in [1.29, 1.82) is 0 Å². The molecule has 4 heteroatoms. The van der Waals surface area contributed by atoms with Gasteiger partial charge in [0.05, 0.1) is 5.75 Å². The second kappa shape index (κ2) is 7.38. The van der Waals surface area contributed by atoms with E-state index >= 15 is 0 Å². The van der Waals surface area contributed by atoms with Gasteiger partial charge in [-0.3, -0.25) is 0 Å². The van der Waals surface area contributed by atoms with Gasteiger partial charge in [0.25, 0.3) is 0 Å². The Bertz CT molecular complexity index is 314. The Morgan fingerprint density at radius 3 is 3.13 bits per heavy atom. The minimum absolute atomic E-state index is 0.808. The predicted octanol–water partition coefficient (Wildman–Crippen LogP) is 1.15. The number of aryl methyl sites for hydroxylation is 1. The van der Waals surface area contributed by atoms with Crippen molar-refractivity contribution in [2.24, 2.45) is 0 Å². The van der Waals surface area contributed by atoms with Gasteiger partial charge in [0, 0.05) is 37.8 Å².